The topological polar surface area (TPSA) is 81.4 Å². The van der Waals surface area contributed by atoms with Crippen LogP contribution in [0.3, 0.4) is 0 Å². The molecular weight excluding hydrogens is 220 g/mol. The number of carbonyl (C=O) groups excluding carboxylic acids is 2. The quantitative estimate of drug-likeness (QED) is 0.717. The standard InChI is InChI=1S/C12H24N2O3/c1-7(2)9(13)10(15)14-8(3)11(16)17-12(4,5)6/h7-9H,13H2,1-6H3,(H,14,15). The SMILES string of the molecule is CC(NC(=O)C(N)C(C)C)C(=O)OC(C)(C)C. The van der Waals surface area contributed by atoms with Crippen LogP contribution in [-0.4, -0.2) is 29.6 Å². The molecule has 5 nitrogen and oxygen atoms in total. The van der Waals surface area contributed by atoms with Gasteiger partial charge in [0.05, 0.1) is 6.04 Å². The van der Waals surface area contributed by atoms with Gasteiger partial charge in [-0.3, -0.25) is 4.79 Å². The summed E-state index contributed by atoms with van der Waals surface area (Å²) in [5, 5.41) is 2.54. The minimum atomic E-state index is -0.688. The van der Waals surface area contributed by atoms with Crippen LogP contribution in [0.15, 0.2) is 0 Å². The molecule has 0 aliphatic heterocycles. The number of esters is 1. The Morgan fingerprint density at radius 2 is 1.65 bits per heavy atom. The molecule has 0 heterocycles. The second kappa shape index (κ2) is 6.00. The molecule has 0 rings (SSSR count). The summed E-state index contributed by atoms with van der Waals surface area (Å²) >= 11 is 0. The van der Waals surface area contributed by atoms with Crippen molar-refractivity contribution in [1.82, 2.24) is 5.32 Å². The predicted molar refractivity (Wildman–Crippen MR) is 66.3 cm³/mol. The van der Waals surface area contributed by atoms with Crippen molar-refractivity contribution in [1.29, 1.82) is 0 Å². The fraction of sp³-hybridized carbons (Fsp3) is 0.833. The highest BCUT2D eigenvalue weighted by Crippen LogP contribution is 2.08. The van der Waals surface area contributed by atoms with Gasteiger partial charge in [0.1, 0.15) is 11.6 Å². The summed E-state index contributed by atoms with van der Waals surface area (Å²) in [5.74, 6) is -0.763. The second-order valence-corrected chi connectivity index (χ2v) is 5.53. The van der Waals surface area contributed by atoms with Crippen molar-refractivity contribution in [3.63, 3.8) is 0 Å². The monoisotopic (exact) mass is 244 g/mol. The van der Waals surface area contributed by atoms with Crippen LogP contribution in [0.1, 0.15) is 41.5 Å². The van der Waals surface area contributed by atoms with E-state index < -0.39 is 23.7 Å². The molecule has 2 unspecified atom stereocenters. The zero-order valence-corrected chi connectivity index (χ0v) is 11.5. The Morgan fingerprint density at radius 1 is 1.18 bits per heavy atom. The highest BCUT2D eigenvalue weighted by molar-refractivity contribution is 5.87. The van der Waals surface area contributed by atoms with Crippen molar-refractivity contribution in [3.8, 4) is 0 Å². The van der Waals surface area contributed by atoms with Crippen LogP contribution >= 0.6 is 0 Å². The van der Waals surface area contributed by atoms with Gasteiger partial charge < -0.3 is 15.8 Å². The average Bonchev–Trinajstić information content (AvgIpc) is 2.13. The highest BCUT2D eigenvalue weighted by atomic mass is 16.6. The van der Waals surface area contributed by atoms with E-state index in [1.54, 1.807) is 27.7 Å². The molecule has 0 aromatic carbocycles. The van der Waals surface area contributed by atoms with E-state index in [1.165, 1.54) is 0 Å². The number of nitrogens with two attached hydrogens (primary N) is 1. The molecular formula is C12H24N2O3. The maximum Gasteiger partial charge on any atom is 0.328 e. The molecule has 3 N–H and O–H groups in total. The van der Waals surface area contributed by atoms with Crippen LogP contribution in [0.5, 0.6) is 0 Å². The van der Waals surface area contributed by atoms with Gasteiger partial charge in [-0.05, 0) is 33.6 Å². The maximum absolute atomic E-state index is 11.6. The molecule has 0 saturated carbocycles. The lowest BCUT2D eigenvalue weighted by molar-refractivity contribution is -0.158. The predicted octanol–water partition coefficient (Wildman–Crippen LogP) is 0.816. The highest BCUT2D eigenvalue weighted by Gasteiger charge is 2.25. The summed E-state index contributed by atoms with van der Waals surface area (Å²) < 4.78 is 5.15. The van der Waals surface area contributed by atoms with Crippen LogP contribution in [-0.2, 0) is 14.3 Å². The Bertz CT molecular complexity index is 282. The molecule has 1 amide bonds. The second-order valence-electron chi connectivity index (χ2n) is 5.53. The van der Waals surface area contributed by atoms with E-state index in [4.69, 9.17) is 10.5 Å². The lowest BCUT2D eigenvalue weighted by Gasteiger charge is -2.24. The van der Waals surface area contributed by atoms with E-state index in [0.717, 1.165) is 0 Å². The zero-order chi connectivity index (χ0) is 13.8. The van der Waals surface area contributed by atoms with Gasteiger partial charge in [-0.25, -0.2) is 4.79 Å². The van der Waals surface area contributed by atoms with Gasteiger partial charge in [-0.2, -0.15) is 0 Å². The van der Waals surface area contributed by atoms with Gasteiger partial charge in [-0.1, -0.05) is 13.8 Å². The average molecular weight is 244 g/mol. The Balaban J connectivity index is 4.31. The first-order valence-electron chi connectivity index (χ1n) is 5.83. The maximum atomic E-state index is 11.6. The van der Waals surface area contributed by atoms with Gasteiger partial charge in [-0.15, -0.1) is 0 Å². The molecule has 5 heteroatoms. The summed E-state index contributed by atoms with van der Waals surface area (Å²) in [6.07, 6.45) is 0. The van der Waals surface area contributed by atoms with E-state index in [0.29, 0.717) is 0 Å². The molecule has 2 atom stereocenters. The number of carbonyl (C=O) groups is 2. The van der Waals surface area contributed by atoms with Gasteiger partial charge in [0.25, 0.3) is 0 Å². The molecule has 0 bridgehead atoms. The Morgan fingerprint density at radius 3 is 2.00 bits per heavy atom. The number of hydrogen-bond donors (Lipinski definition) is 2. The number of hydrogen-bond acceptors (Lipinski definition) is 4. The number of amides is 1. The summed E-state index contributed by atoms with van der Waals surface area (Å²) in [4.78, 5) is 23.2. The van der Waals surface area contributed by atoms with Crippen LogP contribution in [0, 0.1) is 5.92 Å². The summed E-state index contributed by atoms with van der Waals surface area (Å²) in [6.45, 7) is 10.6. The largest absolute Gasteiger partial charge is 0.458 e. The van der Waals surface area contributed by atoms with Crippen LogP contribution in [0.4, 0.5) is 0 Å². The van der Waals surface area contributed by atoms with Gasteiger partial charge in [0, 0.05) is 0 Å². The summed E-state index contributed by atoms with van der Waals surface area (Å²) in [6, 6.07) is -1.30. The lowest BCUT2D eigenvalue weighted by Crippen LogP contribution is -2.50. The molecule has 0 aliphatic carbocycles. The van der Waals surface area contributed by atoms with Crippen molar-refractivity contribution < 1.29 is 14.3 Å². The molecule has 100 valence electrons. The molecule has 0 radical (unpaired) electrons. The first kappa shape index (κ1) is 15.9. The number of nitrogens with one attached hydrogen (secondary N) is 1. The fourth-order valence-corrected chi connectivity index (χ4v) is 1.06. The first-order valence-corrected chi connectivity index (χ1v) is 5.83. The third kappa shape index (κ3) is 6.26. The number of ether oxygens (including phenoxy) is 1. The molecule has 17 heavy (non-hydrogen) atoms. The third-order valence-electron chi connectivity index (χ3n) is 2.14. The normalized spacial score (nSPS) is 15.3. The third-order valence-corrected chi connectivity index (χ3v) is 2.14. The Hall–Kier alpha value is -1.10. The summed E-state index contributed by atoms with van der Waals surface area (Å²) in [7, 11) is 0. The first-order chi connectivity index (χ1) is 7.54. The molecule has 0 aliphatic rings. The van der Waals surface area contributed by atoms with Crippen molar-refractivity contribution in [2.75, 3.05) is 0 Å². The molecule has 0 saturated heterocycles. The Labute approximate surface area is 103 Å². The van der Waals surface area contributed by atoms with Gasteiger partial charge >= 0.3 is 5.97 Å². The fourth-order valence-electron chi connectivity index (χ4n) is 1.06. The minimum absolute atomic E-state index is 0.0286. The number of rotatable bonds is 4. The summed E-state index contributed by atoms with van der Waals surface area (Å²) in [5.41, 5.74) is 5.11. The van der Waals surface area contributed by atoms with Crippen molar-refractivity contribution in [3.05, 3.63) is 0 Å². The van der Waals surface area contributed by atoms with E-state index in [1.807, 2.05) is 13.8 Å². The zero-order valence-electron chi connectivity index (χ0n) is 11.5. The molecule has 0 aromatic rings. The van der Waals surface area contributed by atoms with Crippen LogP contribution in [0.25, 0.3) is 0 Å². The molecule has 0 fully saturated rings. The lowest BCUT2D eigenvalue weighted by atomic mass is 10.0. The molecule has 0 aromatic heterocycles. The van der Waals surface area contributed by atoms with Crippen molar-refractivity contribution in [2.24, 2.45) is 11.7 Å². The van der Waals surface area contributed by atoms with E-state index in [2.05, 4.69) is 5.32 Å². The van der Waals surface area contributed by atoms with Crippen molar-refractivity contribution >= 4 is 11.9 Å². The van der Waals surface area contributed by atoms with Crippen molar-refractivity contribution in [2.45, 2.75) is 59.2 Å². The molecule has 0 spiro atoms. The van der Waals surface area contributed by atoms with Gasteiger partial charge in [0.2, 0.25) is 5.91 Å². The van der Waals surface area contributed by atoms with E-state index >= 15 is 0 Å². The van der Waals surface area contributed by atoms with Crippen LogP contribution in [0.2, 0.25) is 0 Å². The minimum Gasteiger partial charge on any atom is -0.458 e. The smallest absolute Gasteiger partial charge is 0.328 e. The Kier molecular flexibility index (Phi) is 5.61. The van der Waals surface area contributed by atoms with Crippen LogP contribution < -0.4 is 11.1 Å². The van der Waals surface area contributed by atoms with E-state index in [-0.39, 0.29) is 11.8 Å². The van der Waals surface area contributed by atoms with E-state index in [9.17, 15) is 9.59 Å². The van der Waals surface area contributed by atoms with Gasteiger partial charge in [0.15, 0.2) is 0 Å².